The Morgan fingerprint density at radius 1 is 1.07 bits per heavy atom. The molecule has 3 rings (SSSR count). The van der Waals surface area contributed by atoms with Crippen LogP contribution in [0, 0.1) is 0 Å². The number of aryl methyl sites for hydroxylation is 1. The summed E-state index contributed by atoms with van der Waals surface area (Å²) in [6, 6.07) is 15.1. The zero-order valence-corrected chi connectivity index (χ0v) is 15.8. The van der Waals surface area contributed by atoms with Crippen molar-refractivity contribution in [3.63, 3.8) is 0 Å². The van der Waals surface area contributed by atoms with Gasteiger partial charge in [0.15, 0.2) is 0 Å². The van der Waals surface area contributed by atoms with Crippen LogP contribution in [0.15, 0.2) is 57.7 Å². The number of amides is 1. The van der Waals surface area contributed by atoms with Gasteiger partial charge in [-0.25, -0.2) is 9.59 Å². The molecule has 0 radical (unpaired) electrons. The van der Waals surface area contributed by atoms with Gasteiger partial charge in [0.2, 0.25) is 0 Å². The first-order valence-electron chi connectivity index (χ1n) is 9.01. The predicted octanol–water partition coefficient (Wildman–Crippen LogP) is 4.40. The molecule has 0 fully saturated rings. The Kier molecular flexibility index (Phi) is 5.60. The number of benzene rings is 2. The van der Waals surface area contributed by atoms with Crippen LogP contribution in [0.5, 0.6) is 5.75 Å². The average molecular weight is 365 g/mol. The Morgan fingerprint density at radius 2 is 1.81 bits per heavy atom. The predicted molar refractivity (Wildman–Crippen MR) is 105 cm³/mol. The van der Waals surface area contributed by atoms with Crippen molar-refractivity contribution in [3.8, 4) is 5.75 Å². The van der Waals surface area contributed by atoms with Crippen LogP contribution in [0.4, 0.5) is 4.79 Å². The number of rotatable bonds is 5. The highest BCUT2D eigenvalue weighted by atomic mass is 16.6. The van der Waals surface area contributed by atoms with E-state index in [0.29, 0.717) is 23.3 Å². The lowest BCUT2D eigenvalue weighted by Crippen LogP contribution is -2.25. The van der Waals surface area contributed by atoms with E-state index in [1.165, 1.54) is 4.90 Å². The van der Waals surface area contributed by atoms with Crippen LogP contribution in [0.2, 0.25) is 0 Å². The second-order valence-electron chi connectivity index (χ2n) is 6.68. The van der Waals surface area contributed by atoms with Crippen molar-refractivity contribution >= 4 is 17.1 Å². The van der Waals surface area contributed by atoms with Crippen molar-refractivity contribution in [1.29, 1.82) is 0 Å². The molecule has 0 unspecified atom stereocenters. The van der Waals surface area contributed by atoms with Crippen LogP contribution in [0.3, 0.4) is 0 Å². The van der Waals surface area contributed by atoms with Crippen LogP contribution in [0.25, 0.3) is 11.0 Å². The van der Waals surface area contributed by atoms with E-state index in [2.05, 4.69) is 6.92 Å². The molecule has 5 nitrogen and oxygen atoms in total. The quantitative estimate of drug-likeness (QED) is 0.629. The maximum absolute atomic E-state index is 12.7. The van der Waals surface area contributed by atoms with Crippen LogP contribution >= 0.6 is 0 Å². The van der Waals surface area contributed by atoms with E-state index < -0.39 is 6.09 Å². The molecule has 1 amide bonds. The summed E-state index contributed by atoms with van der Waals surface area (Å²) >= 11 is 0. The molecule has 0 spiro atoms. The molecule has 0 atom stereocenters. The smallest absolute Gasteiger partial charge is 0.414 e. The summed E-state index contributed by atoms with van der Waals surface area (Å²) in [4.78, 5) is 25.8. The molecule has 0 bridgehead atoms. The van der Waals surface area contributed by atoms with Gasteiger partial charge in [-0.15, -0.1) is 0 Å². The van der Waals surface area contributed by atoms with E-state index in [0.717, 1.165) is 29.4 Å². The van der Waals surface area contributed by atoms with E-state index in [4.69, 9.17) is 9.15 Å². The molecule has 3 aromatic rings. The van der Waals surface area contributed by atoms with Gasteiger partial charge in [-0.05, 0) is 29.7 Å². The highest BCUT2D eigenvalue weighted by Crippen LogP contribution is 2.27. The maximum Gasteiger partial charge on any atom is 0.414 e. The molecule has 1 aromatic heterocycles. The van der Waals surface area contributed by atoms with Crippen molar-refractivity contribution in [1.82, 2.24) is 4.90 Å². The molecule has 0 N–H and O–H groups in total. The fraction of sp³-hybridized carbons (Fsp3) is 0.273. The zero-order chi connectivity index (χ0) is 19.4. The van der Waals surface area contributed by atoms with E-state index in [1.54, 1.807) is 26.2 Å². The number of ether oxygens (including phenoxy) is 1. The highest BCUT2D eigenvalue weighted by Gasteiger charge is 2.16. The molecule has 0 saturated heterocycles. The molecule has 0 aliphatic rings. The number of nitrogens with zero attached hydrogens (tertiary/aromatic N) is 1. The van der Waals surface area contributed by atoms with Crippen LogP contribution < -0.4 is 10.4 Å². The Bertz CT molecular complexity index is 1010. The van der Waals surface area contributed by atoms with Gasteiger partial charge in [0.05, 0.1) is 0 Å². The number of hydrogen-bond donors (Lipinski definition) is 0. The van der Waals surface area contributed by atoms with E-state index in [9.17, 15) is 9.59 Å². The van der Waals surface area contributed by atoms with Crippen molar-refractivity contribution in [2.24, 2.45) is 0 Å². The van der Waals surface area contributed by atoms with Crippen molar-refractivity contribution in [3.05, 3.63) is 75.6 Å². The standard InChI is InChI=1S/C22H23NO4/c1-4-8-17-18-12-11-16(26-22(25)23(2)3)14-20(18)27-21(24)19(17)13-15-9-6-5-7-10-15/h5-7,9-12,14H,4,8,13H2,1-3H3. The van der Waals surface area contributed by atoms with E-state index in [1.807, 2.05) is 36.4 Å². The van der Waals surface area contributed by atoms with Gasteiger partial charge >= 0.3 is 11.7 Å². The first kappa shape index (κ1) is 18.7. The molecule has 0 aliphatic carbocycles. The molecule has 140 valence electrons. The van der Waals surface area contributed by atoms with Gasteiger partial charge in [0.1, 0.15) is 11.3 Å². The Hall–Kier alpha value is -3.08. The fourth-order valence-electron chi connectivity index (χ4n) is 3.05. The number of carbonyl (C=O) groups is 1. The molecular weight excluding hydrogens is 342 g/mol. The minimum atomic E-state index is -0.480. The molecular formula is C22H23NO4. The fourth-order valence-corrected chi connectivity index (χ4v) is 3.05. The molecule has 27 heavy (non-hydrogen) atoms. The van der Waals surface area contributed by atoms with Gasteiger partial charge in [0.25, 0.3) is 0 Å². The molecule has 1 heterocycles. The molecule has 0 saturated carbocycles. The lowest BCUT2D eigenvalue weighted by molar-refractivity contribution is 0.172. The van der Waals surface area contributed by atoms with Gasteiger partial charge in [-0.2, -0.15) is 0 Å². The van der Waals surface area contributed by atoms with Gasteiger partial charge in [0, 0.05) is 37.5 Å². The van der Waals surface area contributed by atoms with Gasteiger partial charge < -0.3 is 14.1 Å². The van der Waals surface area contributed by atoms with Crippen molar-refractivity contribution in [2.75, 3.05) is 14.1 Å². The number of hydrogen-bond acceptors (Lipinski definition) is 4. The minimum absolute atomic E-state index is 0.342. The van der Waals surface area contributed by atoms with E-state index in [-0.39, 0.29) is 5.63 Å². The third kappa shape index (κ3) is 4.19. The molecule has 2 aromatic carbocycles. The summed E-state index contributed by atoms with van der Waals surface area (Å²) in [6.07, 6.45) is 1.75. The topological polar surface area (TPSA) is 59.8 Å². The van der Waals surface area contributed by atoms with Gasteiger partial charge in [-0.1, -0.05) is 43.7 Å². The van der Waals surface area contributed by atoms with Crippen LogP contribution in [-0.2, 0) is 12.8 Å². The summed E-state index contributed by atoms with van der Waals surface area (Å²) in [5.74, 6) is 0.350. The van der Waals surface area contributed by atoms with Crippen LogP contribution in [0.1, 0.15) is 30.0 Å². The molecule has 5 heteroatoms. The van der Waals surface area contributed by atoms with E-state index >= 15 is 0 Å². The molecule has 0 aliphatic heterocycles. The first-order chi connectivity index (χ1) is 13.0. The largest absolute Gasteiger partial charge is 0.422 e. The third-order valence-electron chi connectivity index (χ3n) is 4.39. The second kappa shape index (κ2) is 8.08. The number of fused-ring (bicyclic) bond motifs is 1. The summed E-state index contributed by atoms with van der Waals surface area (Å²) in [5, 5.41) is 0.882. The summed E-state index contributed by atoms with van der Waals surface area (Å²) in [6.45, 7) is 2.08. The Morgan fingerprint density at radius 3 is 2.48 bits per heavy atom. The minimum Gasteiger partial charge on any atom is -0.422 e. The summed E-state index contributed by atoms with van der Waals surface area (Å²) in [5.41, 5.74) is 2.85. The average Bonchev–Trinajstić information content (AvgIpc) is 2.65. The normalized spacial score (nSPS) is 10.8. The summed E-state index contributed by atoms with van der Waals surface area (Å²) in [7, 11) is 3.22. The van der Waals surface area contributed by atoms with Crippen molar-refractivity contribution < 1.29 is 13.9 Å². The van der Waals surface area contributed by atoms with Gasteiger partial charge in [-0.3, -0.25) is 0 Å². The number of carbonyl (C=O) groups excluding carboxylic acids is 1. The zero-order valence-electron chi connectivity index (χ0n) is 15.8. The Labute approximate surface area is 158 Å². The lowest BCUT2D eigenvalue weighted by atomic mass is 9.95. The maximum atomic E-state index is 12.7. The second-order valence-corrected chi connectivity index (χ2v) is 6.68. The third-order valence-corrected chi connectivity index (χ3v) is 4.39. The Balaban J connectivity index is 2.07. The summed E-state index contributed by atoms with van der Waals surface area (Å²) < 4.78 is 10.8. The van der Waals surface area contributed by atoms with Crippen molar-refractivity contribution in [2.45, 2.75) is 26.2 Å². The first-order valence-corrected chi connectivity index (χ1v) is 9.01. The van der Waals surface area contributed by atoms with Crippen LogP contribution in [-0.4, -0.2) is 25.1 Å². The highest BCUT2D eigenvalue weighted by molar-refractivity contribution is 5.83. The SMILES string of the molecule is CCCc1c(Cc2ccccc2)c(=O)oc2cc(OC(=O)N(C)C)ccc12. The lowest BCUT2D eigenvalue weighted by Gasteiger charge is -2.13. The monoisotopic (exact) mass is 365 g/mol.